The normalized spacial score (nSPS) is 24.8. The minimum Gasteiger partial charge on any atom is -0.481 e. The predicted molar refractivity (Wildman–Crippen MR) is 100 cm³/mol. The van der Waals surface area contributed by atoms with Crippen LogP contribution in [0.4, 0.5) is 5.88 Å². The minimum atomic E-state index is -0.768. The summed E-state index contributed by atoms with van der Waals surface area (Å²) in [7, 11) is 0. The summed E-state index contributed by atoms with van der Waals surface area (Å²) in [5.74, 6) is -0.222. The lowest BCUT2D eigenvalue weighted by Crippen LogP contribution is -2.24. The summed E-state index contributed by atoms with van der Waals surface area (Å²) in [5.41, 5.74) is 0. The molecule has 0 aromatic carbocycles. The number of Topliss-reactive ketones (excluding diaryl/α,β-unsaturated/α-hetero) is 1. The first-order valence-electron chi connectivity index (χ1n) is 9.84. The molecular formula is C20H31NO6. The summed E-state index contributed by atoms with van der Waals surface area (Å²) in [5, 5.41) is 32.1. The molecule has 1 aliphatic carbocycles. The second-order valence-corrected chi connectivity index (χ2v) is 7.45. The molecule has 1 heterocycles. The van der Waals surface area contributed by atoms with Crippen molar-refractivity contribution in [2.75, 3.05) is 11.9 Å². The van der Waals surface area contributed by atoms with Crippen molar-refractivity contribution in [3.05, 3.63) is 18.4 Å². The standard InChI is InChI=1S/C20H31NO6/c22-14(13-21-19-7-5-11-27-19)9-10-16-15(17(23)12-18(16)24)6-3-1-2-4-8-20(25)26/h5,7,11,15-18,21,23-24H,1-4,6,8-10,12-13H2,(H,25,26). The highest BCUT2D eigenvalue weighted by Crippen LogP contribution is 2.39. The highest BCUT2D eigenvalue weighted by atomic mass is 16.4. The molecule has 7 heteroatoms. The van der Waals surface area contributed by atoms with E-state index in [1.807, 2.05) is 0 Å². The van der Waals surface area contributed by atoms with E-state index >= 15 is 0 Å². The summed E-state index contributed by atoms with van der Waals surface area (Å²) in [6, 6.07) is 3.49. The van der Waals surface area contributed by atoms with E-state index in [-0.39, 0.29) is 30.6 Å². The van der Waals surface area contributed by atoms with Gasteiger partial charge >= 0.3 is 5.97 Å². The number of hydrogen-bond acceptors (Lipinski definition) is 6. The molecule has 1 saturated carbocycles. The van der Waals surface area contributed by atoms with Crippen molar-refractivity contribution >= 4 is 17.6 Å². The van der Waals surface area contributed by atoms with Crippen LogP contribution in [0, 0.1) is 11.8 Å². The van der Waals surface area contributed by atoms with Crippen molar-refractivity contribution in [3.8, 4) is 0 Å². The maximum absolute atomic E-state index is 12.1. The van der Waals surface area contributed by atoms with Crippen LogP contribution in [0.5, 0.6) is 0 Å². The summed E-state index contributed by atoms with van der Waals surface area (Å²) in [6.07, 6.45) is 6.09. The van der Waals surface area contributed by atoms with Crippen LogP contribution in [-0.4, -0.2) is 45.8 Å². The van der Waals surface area contributed by atoms with Crippen molar-refractivity contribution in [1.29, 1.82) is 0 Å². The first-order chi connectivity index (χ1) is 13.0. The molecule has 1 aromatic heterocycles. The zero-order valence-corrected chi connectivity index (χ0v) is 15.7. The molecule has 4 unspecified atom stereocenters. The Balaban J connectivity index is 1.69. The highest BCUT2D eigenvalue weighted by molar-refractivity contribution is 5.82. The van der Waals surface area contributed by atoms with Crippen molar-refractivity contribution in [2.24, 2.45) is 11.8 Å². The van der Waals surface area contributed by atoms with Crippen LogP contribution in [0.3, 0.4) is 0 Å². The molecule has 0 spiro atoms. The van der Waals surface area contributed by atoms with E-state index < -0.39 is 18.2 Å². The molecule has 1 aliphatic rings. The Morgan fingerprint density at radius 1 is 1.04 bits per heavy atom. The molecule has 1 fully saturated rings. The first kappa shape index (κ1) is 21.4. The molecule has 4 atom stereocenters. The van der Waals surface area contributed by atoms with E-state index in [4.69, 9.17) is 9.52 Å². The molecule has 0 amide bonds. The van der Waals surface area contributed by atoms with Gasteiger partial charge in [-0.25, -0.2) is 0 Å². The Labute approximate surface area is 159 Å². The van der Waals surface area contributed by atoms with E-state index in [0.717, 1.165) is 25.7 Å². The van der Waals surface area contributed by atoms with Gasteiger partial charge in [-0.1, -0.05) is 19.3 Å². The van der Waals surface area contributed by atoms with Gasteiger partial charge in [0.25, 0.3) is 0 Å². The first-order valence-corrected chi connectivity index (χ1v) is 9.84. The third-order valence-electron chi connectivity index (χ3n) is 5.44. The molecule has 152 valence electrons. The molecule has 0 bridgehead atoms. The number of ketones is 1. The second-order valence-electron chi connectivity index (χ2n) is 7.45. The molecule has 0 radical (unpaired) electrons. The van der Waals surface area contributed by atoms with Gasteiger partial charge in [0.2, 0.25) is 0 Å². The lowest BCUT2D eigenvalue weighted by Gasteiger charge is -2.23. The topological polar surface area (TPSA) is 120 Å². The molecule has 1 aromatic rings. The maximum Gasteiger partial charge on any atom is 0.303 e. The molecule has 27 heavy (non-hydrogen) atoms. The third-order valence-corrected chi connectivity index (χ3v) is 5.44. The molecular weight excluding hydrogens is 350 g/mol. The van der Waals surface area contributed by atoms with Gasteiger partial charge in [0, 0.05) is 18.9 Å². The van der Waals surface area contributed by atoms with Crippen LogP contribution < -0.4 is 5.32 Å². The fourth-order valence-corrected chi connectivity index (χ4v) is 3.97. The van der Waals surface area contributed by atoms with Gasteiger partial charge in [-0.05, 0) is 43.6 Å². The van der Waals surface area contributed by atoms with Crippen LogP contribution in [0.1, 0.15) is 57.8 Å². The smallest absolute Gasteiger partial charge is 0.303 e. The van der Waals surface area contributed by atoms with E-state index in [2.05, 4.69) is 5.32 Å². The number of aliphatic carboxylic acids is 1. The third kappa shape index (κ3) is 7.34. The van der Waals surface area contributed by atoms with Crippen LogP contribution in [0.15, 0.2) is 22.8 Å². The molecule has 7 nitrogen and oxygen atoms in total. The lowest BCUT2D eigenvalue weighted by atomic mass is 9.85. The summed E-state index contributed by atoms with van der Waals surface area (Å²) >= 11 is 0. The molecule has 4 N–H and O–H groups in total. The van der Waals surface area contributed by atoms with Crippen LogP contribution in [0.2, 0.25) is 0 Å². The van der Waals surface area contributed by atoms with Gasteiger partial charge in [-0.3, -0.25) is 9.59 Å². The number of carboxylic acids is 1. The van der Waals surface area contributed by atoms with Crippen LogP contribution in [0.25, 0.3) is 0 Å². The van der Waals surface area contributed by atoms with Gasteiger partial charge < -0.3 is 25.1 Å². The van der Waals surface area contributed by atoms with E-state index in [1.165, 1.54) is 6.26 Å². The Morgan fingerprint density at radius 2 is 1.74 bits per heavy atom. The summed E-state index contributed by atoms with van der Waals surface area (Å²) in [6.45, 7) is 0.188. The number of aliphatic hydroxyl groups excluding tert-OH is 2. The SMILES string of the molecule is O=C(O)CCCCCCC1C(O)CC(O)C1CCC(=O)CNc1ccco1. The highest BCUT2D eigenvalue weighted by Gasteiger charge is 2.40. The van der Waals surface area contributed by atoms with Gasteiger partial charge in [0.15, 0.2) is 11.7 Å². The lowest BCUT2D eigenvalue weighted by molar-refractivity contribution is -0.137. The van der Waals surface area contributed by atoms with Crippen molar-refractivity contribution < 1.29 is 29.3 Å². The Morgan fingerprint density at radius 3 is 2.41 bits per heavy atom. The van der Waals surface area contributed by atoms with Gasteiger partial charge in [-0.2, -0.15) is 0 Å². The number of anilines is 1. The van der Waals surface area contributed by atoms with E-state index in [1.54, 1.807) is 12.1 Å². The molecule has 0 aliphatic heterocycles. The van der Waals surface area contributed by atoms with Crippen molar-refractivity contribution in [3.63, 3.8) is 0 Å². The van der Waals surface area contributed by atoms with Crippen molar-refractivity contribution in [1.82, 2.24) is 0 Å². The minimum absolute atomic E-state index is 0.00491. The van der Waals surface area contributed by atoms with Crippen LogP contribution in [-0.2, 0) is 9.59 Å². The second kappa shape index (κ2) is 11.1. The quantitative estimate of drug-likeness (QED) is 0.388. The zero-order valence-electron chi connectivity index (χ0n) is 15.7. The zero-order chi connectivity index (χ0) is 19.6. The number of furan rings is 1. The Kier molecular flexibility index (Phi) is 8.81. The number of hydrogen-bond donors (Lipinski definition) is 4. The maximum atomic E-state index is 12.1. The number of rotatable bonds is 13. The van der Waals surface area contributed by atoms with E-state index in [9.17, 15) is 19.8 Å². The van der Waals surface area contributed by atoms with Gasteiger partial charge in [-0.15, -0.1) is 0 Å². The summed E-state index contributed by atoms with van der Waals surface area (Å²) < 4.78 is 5.13. The molecule has 0 saturated heterocycles. The van der Waals surface area contributed by atoms with Gasteiger partial charge in [0.1, 0.15) is 0 Å². The predicted octanol–water partition coefficient (Wildman–Crippen LogP) is 2.82. The monoisotopic (exact) mass is 381 g/mol. The van der Waals surface area contributed by atoms with Crippen LogP contribution >= 0.6 is 0 Å². The van der Waals surface area contributed by atoms with Gasteiger partial charge in [0.05, 0.1) is 25.0 Å². The summed E-state index contributed by atoms with van der Waals surface area (Å²) in [4.78, 5) is 22.6. The number of carboxylic acid groups (broad SMARTS) is 1. The molecule has 2 rings (SSSR count). The van der Waals surface area contributed by atoms with Crippen molar-refractivity contribution in [2.45, 2.75) is 70.0 Å². The van der Waals surface area contributed by atoms with E-state index in [0.29, 0.717) is 31.6 Å². The number of carbonyl (C=O) groups is 2. The fourth-order valence-electron chi connectivity index (χ4n) is 3.97. The Bertz CT molecular complexity index is 573. The average molecular weight is 381 g/mol. The Hall–Kier alpha value is -1.86. The number of nitrogens with one attached hydrogen (secondary N) is 1. The number of carbonyl (C=O) groups excluding carboxylic acids is 1. The fraction of sp³-hybridized carbons (Fsp3) is 0.700. The number of unbranched alkanes of at least 4 members (excludes halogenated alkanes) is 3. The average Bonchev–Trinajstić information content (AvgIpc) is 3.22. The number of aliphatic hydroxyl groups is 2. The largest absolute Gasteiger partial charge is 0.481 e.